The third kappa shape index (κ3) is 3.87. The molecular formula is C20H21ClN2O2S. The number of halogens is 1. The number of benzene rings is 1. The molecule has 1 aliphatic rings. The fourth-order valence-corrected chi connectivity index (χ4v) is 4.74. The molecule has 4 nitrogen and oxygen atoms in total. The molecule has 0 radical (unpaired) electrons. The van der Waals surface area contributed by atoms with E-state index in [9.17, 15) is 10.1 Å². The van der Waals surface area contributed by atoms with Crippen molar-refractivity contribution in [1.29, 1.82) is 5.26 Å². The van der Waals surface area contributed by atoms with E-state index in [1.807, 2.05) is 26.0 Å². The number of nitrogens with zero attached hydrogens (tertiary/aromatic N) is 1. The lowest BCUT2D eigenvalue weighted by Crippen LogP contribution is -2.20. The normalized spacial score (nSPS) is 15.9. The van der Waals surface area contributed by atoms with E-state index in [0.717, 1.165) is 36.0 Å². The molecule has 2 aromatic rings. The van der Waals surface area contributed by atoms with Crippen LogP contribution in [0.5, 0.6) is 5.75 Å². The van der Waals surface area contributed by atoms with Crippen LogP contribution in [0.2, 0.25) is 5.02 Å². The minimum atomic E-state index is -0.265. The molecule has 0 spiro atoms. The van der Waals surface area contributed by atoms with Crippen molar-refractivity contribution >= 4 is 33.8 Å². The molecule has 6 heteroatoms. The monoisotopic (exact) mass is 388 g/mol. The van der Waals surface area contributed by atoms with Crippen LogP contribution < -0.4 is 10.1 Å². The highest BCUT2D eigenvalue weighted by Crippen LogP contribution is 2.39. The Labute approximate surface area is 162 Å². The maximum Gasteiger partial charge on any atom is 0.262 e. The van der Waals surface area contributed by atoms with Gasteiger partial charge in [0.2, 0.25) is 0 Å². The molecule has 1 amide bonds. The van der Waals surface area contributed by atoms with E-state index < -0.39 is 0 Å². The predicted molar refractivity (Wildman–Crippen MR) is 105 cm³/mol. The quantitative estimate of drug-likeness (QED) is 0.798. The Morgan fingerprint density at radius 3 is 2.77 bits per heavy atom. The van der Waals surface area contributed by atoms with Crippen LogP contribution >= 0.6 is 22.9 Å². The average molecular weight is 389 g/mol. The van der Waals surface area contributed by atoms with E-state index in [2.05, 4.69) is 18.3 Å². The fourth-order valence-electron chi connectivity index (χ4n) is 3.26. The van der Waals surface area contributed by atoms with Crippen molar-refractivity contribution in [2.75, 3.05) is 11.9 Å². The molecule has 0 fully saturated rings. The number of rotatable bonds is 4. The fraction of sp³-hybridized carbons (Fsp3) is 0.400. The van der Waals surface area contributed by atoms with Gasteiger partial charge in [0.1, 0.15) is 16.8 Å². The minimum absolute atomic E-state index is 0.107. The zero-order chi connectivity index (χ0) is 18.8. The lowest BCUT2D eigenvalue weighted by molar-refractivity contribution is -0.118. The SMILES string of the molecule is Cc1cc(OCC(=O)Nc2sc3c(c2C#N)CCC(C)C3)cc(C)c1Cl. The van der Waals surface area contributed by atoms with Gasteiger partial charge in [-0.05, 0) is 67.9 Å². The Morgan fingerprint density at radius 2 is 2.12 bits per heavy atom. The zero-order valence-electron chi connectivity index (χ0n) is 15.1. The van der Waals surface area contributed by atoms with E-state index in [1.165, 1.54) is 16.2 Å². The summed E-state index contributed by atoms with van der Waals surface area (Å²) < 4.78 is 5.60. The average Bonchev–Trinajstić information content (AvgIpc) is 2.93. The van der Waals surface area contributed by atoms with Gasteiger partial charge in [-0.15, -0.1) is 11.3 Å². The van der Waals surface area contributed by atoms with E-state index in [1.54, 1.807) is 0 Å². The molecule has 3 rings (SSSR count). The van der Waals surface area contributed by atoms with Crippen LogP contribution in [0, 0.1) is 31.1 Å². The number of fused-ring (bicyclic) bond motifs is 1. The second kappa shape index (κ2) is 7.69. The number of nitrogens with one attached hydrogen (secondary N) is 1. The molecule has 1 aromatic carbocycles. The summed E-state index contributed by atoms with van der Waals surface area (Å²) in [4.78, 5) is 13.5. The molecule has 0 saturated heterocycles. The number of aryl methyl sites for hydroxylation is 2. The Balaban J connectivity index is 1.68. The first kappa shape index (κ1) is 18.8. The molecule has 0 bridgehead atoms. The highest BCUT2D eigenvalue weighted by atomic mass is 35.5. The number of anilines is 1. The number of carbonyl (C=O) groups excluding carboxylic acids is 1. The molecule has 26 heavy (non-hydrogen) atoms. The van der Waals surface area contributed by atoms with Crippen molar-refractivity contribution in [2.24, 2.45) is 5.92 Å². The molecule has 136 valence electrons. The molecule has 1 atom stereocenters. The Hall–Kier alpha value is -2.03. The van der Waals surface area contributed by atoms with Crippen molar-refractivity contribution in [3.05, 3.63) is 44.3 Å². The summed E-state index contributed by atoms with van der Waals surface area (Å²) in [6.45, 7) is 5.92. The number of amides is 1. The summed E-state index contributed by atoms with van der Waals surface area (Å²) in [5.74, 6) is 0.966. The topological polar surface area (TPSA) is 62.1 Å². The predicted octanol–water partition coefficient (Wildman–Crippen LogP) is 5.03. The Morgan fingerprint density at radius 1 is 1.42 bits per heavy atom. The molecule has 1 N–H and O–H groups in total. The zero-order valence-corrected chi connectivity index (χ0v) is 16.7. The first-order valence-electron chi connectivity index (χ1n) is 8.63. The number of hydrogen-bond donors (Lipinski definition) is 1. The Bertz CT molecular complexity index is 875. The third-order valence-electron chi connectivity index (χ3n) is 4.66. The first-order valence-corrected chi connectivity index (χ1v) is 9.82. The lowest BCUT2D eigenvalue weighted by atomic mass is 9.89. The molecule has 0 aliphatic heterocycles. The number of ether oxygens (including phenoxy) is 1. The van der Waals surface area contributed by atoms with Gasteiger partial charge in [-0.3, -0.25) is 4.79 Å². The minimum Gasteiger partial charge on any atom is -0.484 e. The maximum atomic E-state index is 12.3. The van der Waals surface area contributed by atoms with Crippen LogP contribution in [0.25, 0.3) is 0 Å². The summed E-state index contributed by atoms with van der Waals surface area (Å²) >= 11 is 7.67. The van der Waals surface area contributed by atoms with E-state index in [0.29, 0.717) is 27.3 Å². The molecule has 1 aromatic heterocycles. The Kier molecular flexibility index (Phi) is 5.55. The highest BCUT2D eigenvalue weighted by Gasteiger charge is 2.24. The second-order valence-corrected chi connectivity index (χ2v) is 8.36. The molecule has 1 unspecified atom stereocenters. The lowest BCUT2D eigenvalue weighted by Gasteiger charge is -2.17. The number of nitriles is 1. The third-order valence-corrected chi connectivity index (χ3v) is 6.42. The standard InChI is InChI=1S/C20H21ClN2O2S/c1-11-4-5-15-16(9-22)20(26-17(15)6-11)23-18(24)10-25-14-7-12(2)19(21)13(3)8-14/h7-8,11H,4-6,10H2,1-3H3,(H,23,24). The summed E-state index contributed by atoms with van der Waals surface area (Å²) in [5.41, 5.74) is 3.54. The van der Waals surface area contributed by atoms with Crippen molar-refractivity contribution < 1.29 is 9.53 Å². The van der Waals surface area contributed by atoms with Crippen molar-refractivity contribution in [3.8, 4) is 11.8 Å². The van der Waals surface area contributed by atoms with Crippen LogP contribution in [-0.2, 0) is 17.6 Å². The van der Waals surface area contributed by atoms with Crippen LogP contribution in [0.4, 0.5) is 5.00 Å². The van der Waals surface area contributed by atoms with Crippen LogP contribution in [0.3, 0.4) is 0 Å². The molecule has 0 saturated carbocycles. The second-order valence-electron chi connectivity index (χ2n) is 6.88. The van der Waals surface area contributed by atoms with Gasteiger partial charge in [-0.2, -0.15) is 5.26 Å². The van der Waals surface area contributed by atoms with Crippen molar-refractivity contribution in [1.82, 2.24) is 0 Å². The van der Waals surface area contributed by atoms with E-state index in [4.69, 9.17) is 16.3 Å². The van der Waals surface area contributed by atoms with Gasteiger partial charge in [0.15, 0.2) is 6.61 Å². The van der Waals surface area contributed by atoms with Crippen LogP contribution in [0.1, 0.15) is 40.5 Å². The molecular weight excluding hydrogens is 368 g/mol. The summed E-state index contributed by atoms with van der Waals surface area (Å²) in [6.07, 6.45) is 2.97. The van der Waals surface area contributed by atoms with Crippen LogP contribution in [0.15, 0.2) is 12.1 Å². The first-order chi connectivity index (χ1) is 12.4. The van der Waals surface area contributed by atoms with Gasteiger partial charge < -0.3 is 10.1 Å². The van der Waals surface area contributed by atoms with E-state index >= 15 is 0 Å². The maximum absolute atomic E-state index is 12.3. The smallest absolute Gasteiger partial charge is 0.262 e. The number of carbonyl (C=O) groups is 1. The molecule has 1 aliphatic carbocycles. The summed E-state index contributed by atoms with van der Waals surface area (Å²) in [6, 6.07) is 5.89. The van der Waals surface area contributed by atoms with Gasteiger partial charge in [0.05, 0.1) is 5.56 Å². The van der Waals surface area contributed by atoms with E-state index in [-0.39, 0.29) is 12.5 Å². The summed E-state index contributed by atoms with van der Waals surface area (Å²) in [5, 5.41) is 13.7. The number of hydrogen-bond acceptors (Lipinski definition) is 4. The largest absolute Gasteiger partial charge is 0.484 e. The van der Waals surface area contributed by atoms with Gasteiger partial charge in [0, 0.05) is 9.90 Å². The van der Waals surface area contributed by atoms with Crippen molar-refractivity contribution in [2.45, 2.75) is 40.0 Å². The highest BCUT2D eigenvalue weighted by molar-refractivity contribution is 7.16. The van der Waals surface area contributed by atoms with Gasteiger partial charge in [0.25, 0.3) is 5.91 Å². The van der Waals surface area contributed by atoms with Gasteiger partial charge >= 0.3 is 0 Å². The van der Waals surface area contributed by atoms with Gasteiger partial charge in [-0.1, -0.05) is 18.5 Å². The number of thiophene rings is 1. The summed E-state index contributed by atoms with van der Waals surface area (Å²) in [7, 11) is 0. The van der Waals surface area contributed by atoms with Crippen LogP contribution in [-0.4, -0.2) is 12.5 Å². The van der Waals surface area contributed by atoms with Gasteiger partial charge in [-0.25, -0.2) is 0 Å². The molecule has 1 heterocycles. The van der Waals surface area contributed by atoms with Crippen molar-refractivity contribution in [3.63, 3.8) is 0 Å².